The van der Waals surface area contributed by atoms with Gasteiger partial charge in [-0.15, -0.1) is 12.4 Å². The van der Waals surface area contributed by atoms with E-state index in [1.54, 1.807) is 0 Å². The monoisotopic (exact) mass is 373 g/mol. The highest BCUT2D eigenvalue weighted by atomic mass is 35.5. The molecule has 10 heteroatoms. The molecule has 0 bridgehead atoms. The average Bonchev–Trinajstić information content (AvgIpc) is 2.97. The molecule has 3 rings (SSSR count). The van der Waals surface area contributed by atoms with Gasteiger partial charge in [0.15, 0.2) is 11.5 Å². The first-order valence-corrected chi connectivity index (χ1v) is 7.77. The Bertz CT molecular complexity index is 656. The number of carbonyl (C=O) groups excluding carboxylic acids is 1. The summed E-state index contributed by atoms with van der Waals surface area (Å²) in [5.41, 5.74) is 0.101. The quantitative estimate of drug-likeness (QED) is 0.491. The number of nitrogens with zero attached hydrogens (tertiary/aromatic N) is 1. The first-order valence-electron chi connectivity index (χ1n) is 7.77. The third kappa shape index (κ3) is 4.50. The molecule has 0 spiro atoms. The molecule has 0 saturated carbocycles. The van der Waals surface area contributed by atoms with Crippen molar-refractivity contribution in [3.05, 3.63) is 27.8 Å². The van der Waals surface area contributed by atoms with Gasteiger partial charge in [-0.05, 0) is 6.07 Å². The Morgan fingerprint density at radius 2 is 2.00 bits per heavy atom. The van der Waals surface area contributed by atoms with Gasteiger partial charge in [-0.25, -0.2) is 0 Å². The number of hydrogen-bond acceptors (Lipinski definition) is 7. The van der Waals surface area contributed by atoms with E-state index >= 15 is 0 Å². The van der Waals surface area contributed by atoms with Crippen molar-refractivity contribution >= 4 is 24.0 Å². The molecular weight excluding hydrogens is 354 g/mol. The van der Waals surface area contributed by atoms with E-state index in [0.29, 0.717) is 44.3 Å². The molecule has 2 unspecified atom stereocenters. The van der Waals surface area contributed by atoms with Crippen molar-refractivity contribution in [2.45, 2.75) is 12.5 Å². The largest absolute Gasteiger partial charge is 0.486 e. The third-order valence-electron chi connectivity index (χ3n) is 4.16. The minimum Gasteiger partial charge on any atom is -0.486 e. The van der Waals surface area contributed by atoms with E-state index in [2.05, 4.69) is 10.6 Å². The normalized spacial score (nSPS) is 21.3. The van der Waals surface area contributed by atoms with E-state index < -0.39 is 11.0 Å². The molecule has 2 atom stereocenters. The minimum absolute atomic E-state index is 0. The predicted molar refractivity (Wildman–Crippen MR) is 90.4 cm³/mol. The Morgan fingerprint density at radius 3 is 2.60 bits per heavy atom. The Hall–Kier alpha value is -2.10. The van der Waals surface area contributed by atoms with Crippen LogP contribution >= 0.6 is 12.4 Å². The summed E-state index contributed by atoms with van der Waals surface area (Å²) < 4.78 is 10.8. The van der Waals surface area contributed by atoms with Gasteiger partial charge in [-0.3, -0.25) is 14.9 Å². The third-order valence-corrected chi connectivity index (χ3v) is 4.16. The van der Waals surface area contributed by atoms with E-state index in [-0.39, 0.29) is 41.9 Å². The zero-order valence-corrected chi connectivity index (χ0v) is 14.2. The molecule has 9 nitrogen and oxygen atoms in total. The van der Waals surface area contributed by atoms with Crippen LogP contribution in [0.4, 0.5) is 5.69 Å². The fourth-order valence-electron chi connectivity index (χ4n) is 2.84. The van der Waals surface area contributed by atoms with Crippen LogP contribution in [0.2, 0.25) is 0 Å². The van der Waals surface area contributed by atoms with Gasteiger partial charge < -0.3 is 25.2 Å². The Kier molecular flexibility index (Phi) is 6.40. The molecule has 2 aliphatic rings. The Morgan fingerprint density at radius 1 is 1.32 bits per heavy atom. The first-order chi connectivity index (χ1) is 11.5. The summed E-state index contributed by atoms with van der Waals surface area (Å²) in [6, 6.07) is 2.78. The van der Waals surface area contributed by atoms with E-state index in [1.807, 2.05) is 0 Å². The molecule has 3 N–H and O–H groups in total. The molecule has 138 valence electrons. The standard InChI is InChI=1S/C15H19N3O6.ClH/c19-12-8-16-6-10(12)7-17-15(20)4-9-3-13-14(24-2-1-23-13)5-11(9)18(21)22;/h3,5,10,12,16,19H,1-2,4,6-8H2,(H,17,20);1H. The summed E-state index contributed by atoms with van der Waals surface area (Å²) in [5.74, 6) is 0.334. The highest BCUT2D eigenvalue weighted by Gasteiger charge is 2.26. The summed E-state index contributed by atoms with van der Waals surface area (Å²) in [7, 11) is 0. The van der Waals surface area contributed by atoms with Crippen molar-refractivity contribution in [2.24, 2.45) is 5.92 Å². The molecule has 2 aliphatic heterocycles. The summed E-state index contributed by atoms with van der Waals surface area (Å²) in [6.45, 7) is 2.16. The Labute approximate surface area is 150 Å². The number of halogens is 1. The fraction of sp³-hybridized carbons (Fsp3) is 0.533. The van der Waals surface area contributed by atoms with Gasteiger partial charge in [0, 0.05) is 31.1 Å². The SMILES string of the molecule is Cl.O=C(Cc1cc2c(cc1[N+](=O)[O-])OCCO2)NCC1CNCC1O. The molecule has 1 fully saturated rings. The second-order valence-electron chi connectivity index (χ2n) is 5.85. The summed E-state index contributed by atoms with van der Waals surface area (Å²) in [4.78, 5) is 22.8. The topological polar surface area (TPSA) is 123 Å². The molecule has 1 saturated heterocycles. The summed E-state index contributed by atoms with van der Waals surface area (Å²) >= 11 is 0. The highest BCUT2D eigenvalue weighted by Crippen LogP contribution is 2.36. The van der Waals surface area contributed by atoms with Gasteiger partial charge in [-0.2, -0.15) is 0 Å². The molecule has 0 radical (unpaired) electrons. The van der Waals surface area contributed by atoms with Gasteiger partial charge in [-0.1, -0.05) is 0 Å². The molecular formula is C15H20ClN3O6. The van der Waals surface area contributed by atoms with Crippen molar-refractivity contribution in [2.75, 3.05) is 32.8 Å². The van der Waals surface area contributed by atoms with Crippen LogP contribution in [-0.2, 0) is 11.2 Å². The average molecular weight is 374 g/mol. The number of carbonyl (C=O) groups is 1. The van der Waals surface area contributed by atoms with Crippen LogP contribution in [0.15, 0.2) is 12.1 Å². The van der Waals surface area contributed by atoms with E-state index in [1.165, 1.54) is 12.1 Å². The van der Waals surface area contributed by atoms with E-state index in [4.69, 9.17) is 9.47 Å². The van der Waals surface area contributed by atoms with Crippen molar-refractivity contribution in [3.63, 3.8) is 0 Å². The van der Waals surface area contributed by atoms with Gasteiger partial charge in [0.1, 0.15) is 13.2 Å². The number of nitro groups is 1. The lowest BCUT2D eigenvalue weighted by molar-refractivity contribution is -0.385. The van der Waals surface area contributed by atoms with E-state index in [0.717, 1.165) is 0 Å². The maximum absolute atomic E-state index is 12.1. The lowest BCUT2D eigenvalue weighted by atomic mass is 10.1. The van der Waals surface area contributed by atoms with Gasteiger partial charge in [0.2, 0.25) is 5.91 Å². The van der Waals surface area contributed by atoms with Crippen molar-refractivity contribution in [3.8, 4) is 11.5 Å². The molecule has 2 heterocycles. The molecule has 1 aromatic carbocycles. The minimum atomic E-state index is -0.536. The number of amides is 1. The van der Waals surface area contributed by atoms with Crippen LogP contribution in [0.1, 0.15) is 5.56 Å². The number of aliphatic hydroxyl groups is 1. The number of benzene rings is 1. The van der Waals surface area contributed by atoms with Crippen LogP contribution in [-0.4, -0.2) is 54.9 Å². The number of nitro benzene ring substituents is 1. The van der Waals surface area contributed by atoms with Crippen LogP contribution in [0, 0.1) is 16.0 Å². The number of nitrogens with one attached hydrogen (secondary N) is 2. The van der Waals surface area contributed by atoms with Crippen molar-refractivity contribution < 1.29 is 24.3 Å². The maximum atomic E-state index is 12.1. The second-order valence-corrected chi connectivity index (χ2v) is 5.85. The lowest BCUT2D eigenvalue weighted by Crippen LogP contribution is -2.35. The number of hydrogen-bond donors (Lipinski definition) is 3. The molecule has 0 aliphatic carbocycles. The maximum Gasteiger partial charge on any atom is 0.277 e. The van der Waals surface area contributed by atoms with Crippen LogP contribution in [0.25, 0.3) is 0 Å². The molecule has 1 aromatic rings. The molecule has 0 aromatic heterocycles. The van der Waals surface area contributed by atoms with Crippen LogP contribution in [0.5, 0.6) is 11.5 Å². The van der Waals surface area contributed by atoms with Crippen LogP contribution < -0.4 is 20.1 Å². The number of aliphatic hydroxyl groups excluding tert-OH is 1. The first kappa shape index (κ1) is 19.2. The van der Waals surface area contributed by atoms with Gasteiger partial charge in [0.25, 0.3) is 5.69 Å². The second kappa shape index (κ2) is 8.32. The zero-order chi connectivity index (χ0) is 17.1. The summed E-state index contributed by atoms with van der Waals surface area (Å²) in [6.07, 6.45) is -0.627. The number of fused-ring (bicyclic) bond motifs is 1. The predicted octanol–water partition coefficient (Wildman–Crippen LogP) is 0.0268. The zero-order valence-electron chi connectivity index (χ0n) is 13.4. The van der Waals surface area contributed by atoms with E-state index in [9.17, 15) is 20.0 Å². The number of rotatable bonds is 5. The number of β-amino-alcohol motifs (C(OH)–C–C–N with tert-alkyl or cyclic N) is 1. The number of ether oxygens (including phenoxy) is 2. The Balaban J connectivity index is 0.00000225. The van der Waals surface area contributed by atoms with Crippen LogP contribution in [0.3, 0.4) is 0 Å². The highest BCUT2D eigenvalue weighted by molar-refractivity contribution is 5.85. The summed E-state index contributed by atoms with van der Waals surface area (Å²) in [5, 5.41) is 26.7. The molecule has 1 amide bonds. The molecule has 25 heavy (non-hydrogen) atoms. The van der Waals surface area contributed by atoms with Crippen molar-refractivity contribution in [1.82, 2.24) is 10.6 Å². The smallest absolute Gasteiger partial charge is 0.277 e. The van der Waals surface area contributed by atoms with Gasteiger partial charge in [0.05, 0.1) is 23.5 Å². The fourth-order valence-corrected chi connectivity index (χ4v) is 2.84. The van der Waals surface area contributed by atoms with Gasteiger partial charge >= 0.3 is 0 Å². The van der Waals surface area contributed by atoms with Crippen molar-refractivity contribution in [1.29, 1.82) is 0 Å². The lowest BCUT2D eigenvalue weighted by Gasteiger charge is -2.19.